The number of ether oxygens (including phenoxy) is 1. The topological polar surface area (TPSA) is 59.4 Å². The summed E-state index contributed by atoms with van der Waals surface area (Å²) < 4.78 is 5.11. The number of carboxylic acid groups (broad SMARTS) is 1. The van der Waals surface area contributed by atoms with Crippen molar-refractivity contribution in [2.75, 3.05) is 6.61 Å². The summed E-state index contributed by atoms with van der Waals surface area (Å²) in [5.74, 6) is -0.450. The van der Waals surface area contributed by atoms with Gasteiger partial charge in [-0.25, -0.2) is 9.78 Å². The van der Waals surface area contributed by atoms with Gasteiger partial charge < -0.3 is 9.84 Å². The van der Waals surface area contributed by atoms with Gasteiger partial charge in [-0.1, -0.05) is 0 Å². The molecule has 0 amide bonds. The number of aromatic carboxylic acids is 1. The molecule has 0 saturated heterocycles. The Morgan fingerprint density at radius 1 is 1.67 bits per heavy atom. The van der Waals surface area contributed by atoms with Gasteiger partial charge in [-0.15, -0.1) is 0 Å². The molecule has 4 heteroatoms. The monoisotopic (exact) mass is 165 g/mol. The van der Waals surface area contributed by atoms with Crippen LogP contribution in [0, 0.1) is 0 Å². The van der Waals surface area contributed by atoms with Gasteiger partial charge in [0.05, 0.1) is 12.2 Å². The van der Waals surface area contributed by atoms with E-state index in [2.05, 4.69) is 4.98 Å². The number of carbonyl (C=O) groups is 1. The summed E-state index contributed by atoms with van der Waals surface area (Å²) in [6, 6.07) is 1.50. The third kappa shape index (κ3) is 0.922. The molecule has 2 rings (SSSR count). The Hall–Kier alpha value is -1.58. The number of hydrogen-bond donors (Lipinski definition) is 1. The van der Waals surface area contributed by atoms with Crippen molar-refractivity contribution in [3.8, 4) is 5.88 Å². The maximum atomic E-state index is 10.7. The zero-order valence-electron chi connectivity index (χ0n) is 6.28. The van der Waals surface area contributed by atoms with Gasteiger partial charge in [-0.3, -0.25) is 0 Å². The van der Waals surface area contributed by atoms with Crippen molar-refractivity contribution in [2.24, 2.45) is 0 Å². The van der Waals surface area contributed by atoms with Crippen molar-refractivity contribution in [3.05, 3.63) is 23.4 Å². The van der Waals surface area contributed by atoms with Crippen LogP contribution in [0.2, 0.25) is 0 Å². The summed E-state index contributed by atoms with van der Waals surface area (Å²) >= 11 is 0. The number of hydrogen-bond acceptors (Lipinski definition) is 3. The van der Waals surface area contributed by atoms with E-state index in [1.165, 1.54) is 12.3 Å². The van der Waals surface area contributed by atoms with E-state index < -0.39 is 5.97 Å². The number of nitrogens with zero attached hydrogens (tertiary/aromatic N) is 1. The molecule has 1 aromatic rings. The molecule has 0 atom stereocenters. The van der Waals surface area contributed by atoms with Gasteiger partial charge in [0.25, 0.3) is 0 Å². The van der Waals surface area contributed by atoms with Crippen molar-refractivity contribution in [1.82, 2.24) is 4.98 Å². The zero-order valence-corrected chi connectivity index (χ0v) is 6.28. The largest absolute Gasteiger partial charge is 0.478 e. The average molecular weight is 165 g/mol. The summed E-state index contributed by atoms with van der Waals surface area (Å²) in [4.78, 5) is 14.6. The first kappa shape index (κ1) is 7.09. The van der Waals surface area contributed by atoms with Crippen LogP contribution in [0.15, 0.2) is 12.3 Å². The maximum absolute atomic E-state index is 10.7. The molecule has 0 bridgehead atoms. The molecule has 0 aromatic carbocycles. The first-order valence-electron chi connectivity index (χ1n) is 3.63. The lowest BCUT2D eigenvalue weighted by Gasteiger charge is -1.99. The molecule has 1 aliphatic heterocycles. The van der Waals surface area contributed by atoms with Crippen LogP contribution in [-0.2, 0) is 6.42 Å². The van der Waals surface area contributed by atoms with Crippen LogP contribution in [-0.4, -0.2) is 22.7 Å². The van der Waals surface area contributed by atoms with Crippen LogP contribution < -0.4 is 4.74 Å². The van der Waals surface area contributed by atoms with Gasteiger partial charge in [0.15, 0.2) is 0 Å². The Morgan fingerprint density at radius 2 is 2.50 bits per heavy atom. The predicted octanol–water partition coefficient (Wildman–Crippen LogP) is 0.715. The predicted molar refractivity (Wildman–Crippen MR) is 40.4 cm³/mol. The fourth-order valence-electron chi connectivity index (χ4n) is 1.29. The van der Waals surface area contributed by atoms with Crippen molar-refractivity contribution in [1.29, 1.82) is 0 Å². The first-order valence-corrected chi connectivity index (χ1v) is 3.63. The Labute approximate surface area is 68.8 Å². The molecule has 0 aliphatic carbocycles. The summed E-state index contributed by atoms with van der Waals surface area (Å²) in [6.07, 6.45) is 2.10. The number of aromatic nitrogens is 1. The van der Waals surface area contributed by atoms with E-state index in [4.69, 9.17) is 9.84 Å². The first-order chi connectivity index (χ1) is 5.79. The molecule has 0 radical (unpaired) electrons. The van der Waals surface area contributed by atoms with Crippen molar-refractivity contribution in [3.63, 3.8) is 0 Å². The van der Waals surface area contributed by atoms with Crippen LogP contribution in [0.1, 0.15) is 15.9 Å². The van der Waals surface area contributed by atoms with Gasteiger partial charge in [-0.05, 0) is 6.07 Å². The van der Waals surface area contributed by atoms with Crippen LogP contribution in [0.5, 0.6) is 5.88 Å². The van der Waals surface area contributed by atoms with Crippen molar-refractivity contribution >= 4 is 5.97 Å². The highest BCUT2D eigenvalue weighted by Gasteiger charge is 2.20. The van der Waals surface area contributed by atoms with E-state index in [0.29, 0.717) is 30.0 Å². The summed E-state index contributed by atoms with van der Waals surface area (Å²) in [5.41, 5.74) is 1.02. The number of rotatable bonds is 1. The molecule has 0 fully saturated rings. The normalized spacial score (nSPS) is 13.7. The van der Waals surface area contributed by atoms with Crippen LogP contribution >= 0.6 is 0 Å². The maximum Gasteiger partial charge on any atom is 0.336 e. The van der Waals surface area contributed by atoms with E-state index >= 15 is 0 Å². The molecular formula is C8H7NO3. The minimum Gasteiger partial charge on any atom is -0.478 e. The van der Waals surface area contributed by atoms with Gasteiger partial charge in [0, 0.05) is 18.2 Å². The molecular weight excluding hydrogens is 158 g/mol. The lowest BCUT2D eigenvalue weighted by atomic mass is 10.1. The molecule has 62 valence electrons. The summed E-state index contributed by atoms with van der Waals surface area (Å²) in [6.45, 7) is 0.534. The van der Waals surface area contributed by atoms with Gasteiger partial charge in [0.1, 0.15) is 0 Å². The third-order valence-electron chi connectivity index (χ3n) is 1.84. The quantitative estimate of drug-likeness (QED) is 0.665. The molecule has 0 unspecified atom stereocenters. The van der Waals surface area contributed by atoms with Crippen LogP contribution in [0.3, 0.4) is 0 Å². The average Bonchev–Trinajstić information content (AvgIpc) is 2.49. The highest BCUT2D eigenvalue weighted by Crippen LogP contribution is 2.25. The Bertz CT molecular complexity index is 335. The Kier molecular flexibility index (Phi) is 1.46. The molecule has 4 nitrogen and oxygen atoms in total. The van der Waals surface area contributed by atoms with Gasteiger partial charge in [0.2, 0.25) is 5.88 Å². The minimum atomic E-state index is -0.917. The minimum absolute atomic E-state index is 0.303. The molecule has 0 spiro atoms. The van der Waals surface area contributed by atoms with E-state index in [-0.39, 0.29) is 0 Å². The van der Waals surface area contributed by atoms with Crippen molar-refractivity contribution < 1.29 is 14.6 Å². The van der Waals surface area contributed by atoms with E-state index in [0.717, 1.165) is 0 Å². The summed E-state index contributed by atoms with van der Waals surface area (Å²) in [7, 11) is 0. The second-order valence-electron chi connectivity index (χ2n) is 2.55. The smallest absolute Gasteiger partial charge is 0.336 e. The van der Waals surface area contributed by atoms with Crippen LogP contribution in [0.4, 0.5) is 0 Å². The fourth-order valence-corrected chi connectivity index (χ4v) is 1.29. The SMILES string of the molecule is O=C(O)c1ccnc2c1CCO2. The molecule has 1 aliphatic rings. The number of carboxylic acids is 1. The second-order valence-corrected chi connectivity index (χ2v) is 2.55. The Balaban J connectivity index is 2.56. The second kappa shape index (κ2) is 2.48. The zero-order chi connectivity index (χ0) is 8.55. The van der Waals surface area contributed by atoms with Gasteiger partial charge >= 0.3 is 5.97 Å². The highest BCUT2D eigenvalue weighted by atomic mass is 16.5. The fraction of sp³-hybridized carbons (Fsp3) is 0.250. The third-order valence-corrected chi connectivity index (χ3v) is 1.84. The highest BCUT2D eigenvalue weighted by molar-refractivity contribution is 5.90. The lowest BCUT2D eigenvalue weighted by molar-refractivity contribution is 0.0695. The molecule has 0 saturated carbocycles. The molecule has 2 heterocycles. The van der Waals surface area contributed by atoms with E-state index in [1.54, 1.807) is 0 Å². The molecule has 12 heavy (non-hydrogen) atoms. The van der Waals surface area contributed by atoms with Gasteiger partial charge in [-0.2, -0.15) is 0 Å². The van der Waals surface area contributed by atoms with E-state index in [1.807, 2.05) is 0 Å². The molecule has 1 aromatic heterocycles. The van der Waals surface area contributed by atoms with Crippen molar-refractivity contribution in [2.45, 2.75) is 6.42 Å². The Morgan fingerprint density at radius 3 is 3.25 bits per heavy atom. The molecule has 1 N–H and O–H groups in total. The van der Waals surface area contributed by atoms with E-state index in [9.17, 15) is 4.79 Å². The summed E-state index contributed by atoms with van der Waals surface area (Å²) in [5, 5.41) is 8.77. The van der Waals surface area contributed by atoms with Crippen LogP contribution in [0.25, 0.3) is 0 Å². The standard InChI is InChI=1S/C8H7NO3/c10-8(11)6-1-3-9-7-5(6)2-4-12-7/h1,3H,2,4H2,(H,10,11). The number of fused-ring (bicyclic) bond motifs is 1. The lowest BCUT2D eigenvalue weighted by Crippen LogP contribution is -2.00. The number of pyridine rings is 1.